The monoisotopic (exact) mass is 238 g/mol. The van der Waals surface area contributed by atoms with Gasteiger partial charge in [0.1, 0.15) is 18.9 Å². The second kappa shape index (κ2) is 6.91. The highest BCUT2D eigenvalue weighted by atomic mass is 16.5. The summed E-state index contributed by atoms with van der Waals surface area (Å²) >= 11 is 0. The lowest BCUT2D eigenvalue weighted by atomic mass is 10.1. The number of benzene rings is 1. The molecule has 0 aliphatic carbocycles. The average Bonchev–Trinajstić information content (AvgIpc) is 2.29. The van der Waals surface area contributed by atoms with Crippen LogP contribution < -0.4 is 9.64 Å². The molecule has 1 aromatic rings. The second-order valence-corrected chi connectivity index (χ2v) is 4.20. The zero-order valence-electron chi connectivity index (χ0n) is 10.7. The number of carbonyl (C=O) groups excluding carboxylic acids is 1. The normalized spacial score (nSPS) is 10.4. The van der Waals surface area contributed by atoms with Gasteiger partial charge < -0.3 is 14.4 Å². The van der Waals surface area contributed by atoms with Gasteiger partial charge in [-0.3, -0.25) is 4.79 Å². The lowest BCUT2D eigenvalue weighted by Crippen LogP contribution is -3.06. The summed E-state index contributed by atoms with van der Waals surface area (Å²) in [7, 11) is 5.67. The van der Waals surface area contributed by atoms with Crippen LogP contribution in [0.5, 0.6) is 5.75 Å². The molecule has 0 spiro atoms. The highest BCUT2D eigenvalue weighted by molar-refractivity contribution is 5.72. The summed E-state index contributed by atoms with van der Waals surface area (Å²) in [5, 5.41) is 0. The zero-order chi connectivity index (χ0) is 12.7. The quantitative estimate of drug-likeness (QED) is 0.705. The Labute approximate surface area is 102 Å². The fourth-order valence-electron chi connectivity index (χ4n) is 1.33. The van der Waals surface area contributed by atoms with E-state index in [1.54, 1.807) is 7.11 Å². The van der Waals surface area contributed by atoms with Crippen molar-refractivity contribution in [3.8, 4) is 5.75 Å². The lowest BCUT2D eigenvalue weighted by molar-refractivity contribution is -0.858. The Kier molecular flexibility index (Phi) is 5.49. The van der Waals surface area contributed by atoms with Crippen LogP contribution in [0.15, 0.2) is 24.3 Å². The molecule has 0 aromatic heterocycles. The maximum Gasteiger partial charge on any atom is 0.310 e. The molecule has 1 aromatic carbocycles. The minimum absolute atomic E-state index is 0.184. The van der Waals surface area contributed by atoms with E-state index in [-0.39, 0.29) is 5.97 Å². The van der Waals surface area contributed by atoms with Gasteiger partial charge in [0.25, 0.3) is 0 Å². The molecule has 94 valence electrons. The molecular weight excluding hydrogens is 218 g/mol. The van der Waals surface area contributed by atoms with E-state index in [0.29, 0.717) is 13.0 Å². The van der Waals surface area contributed by atoms with Crippen molar-refractivity contribution in [2.24, 2.45) is 0 Å². The van der Waals surface area contributed by atoms with Crippen LogP contribution in [0.3, 0.4) is 0 Å². The Hall–Kier alpha value is -1.55. The Balaban J connectivity index is 2.34. The first-order chi connectivity index (χ1) is 8.11. The smallest absolute Gasteiger partial charge is 0.310 e. The minimum Gasteiger partial charge on any atom is -0.497 e. The first-order valence-corrected chi connectivity index (χ1v) is 5.69. The van der Waals surface area contributed by atoms with Gasteiger partial charge in [0.05, 0.1) is 27.6 Å². The first-order valence-electron chi connectivity index (χ1n) is 5.69. The van der Waals surface area contributed by atoms with Crippen LogP contribution in [0.4, 0.5) is 0 Å². The molecule has 0 aliphatic heterocycles. The second-order valence-electron chi connectivity index (χ2n) is 4.20. The van der Waals surface area contributed by atoms with Crippen molar-refractivity contribution in [2.75, 3.05) is 34.4 Å². The first kappa shape index (κ1) is 13.5. The van der Waals surface area contributed by atoms with Gasteiger partial charge in [0.2, 0.25) is 0 Å². The van der Waals surface area contributed by atoms with Crippen molar-refractivity contribution >= 4 is 5.97 Å². The number of rotatable bonds is 6. The zero-order valence-corrected chi connectivity index (χ0v) is 10.7. The molecule has 0 unspecified atom stereocenters. The minimum atomic E-state index is -0.184. The van der Waals surface area contributed by atoms with E-state index < -0.39 is 0 Å². The van der Waals surface area contributed by atoms with Crippen LogP contribution in [0, 0.1) is 0 Å². The molecule has 4 nitrogen and oxygen atoms in total. The van der Waals surface area contributed by atoms with Crippen LogP contribution in [0.1, 0.15) is 5.56 Å². The summed E-state index contributed by atoms with van der Waals surface area (Å²) in [5.74, 6) is 0.606. The third-order valence-electron chi connectivity index (χ3n) is 2.37. The van der Waals surface area contributed by atoms with Crippen molar-refractivity contribution in [1.82, 2.24) is 0 Å². The summed E-state index contributed by atoms with van der Waals surface area (Å²) in [6.45, 7) is 1.30. The van der Waals surface area contributed by atoms with Gasteiger partial charge in [0.15, 0.2) is 0 Å². The largest absolute Gasteiger partial charge is 0.497 e. The molecule has 4 heteroatoms. The molecule has 0 saturated carbocycles. The van der Waals surface area contributed by atoms with Gasteiger partial charge in [-0.15, -0.1) is 0 Å². The lowest BCUT2D eigenvalue weighted by Gasteiger charge is -2.08. The number of methoxy groups -OCH3 is 1. The molecule has 0 saturated heterocycles. The molecule has 0 fully saturated rings. The number of quaternary nitrogens is 1. The topological polar surface area (TPSA) is 40.0 Å². The third kappa shape index (κ3) is 5.36. The Morgan fingerprint density at radius 1 is 1.24 bits per heavy atom. The molecule has 0 atom stereocenters. The van der Waals surface area contributed by atoms with E-state index in [9.17, 15) is 4.79 Å². The van der Waals surface area contributed by atoms with Gasteiger partial charge in [-0.05, 0) is 17.7 Å². The summed E-state index contributed by atoms with van der Waals surface area (Å²) < 4.78 is 10.2. The van der Waals surface area contributed by atoms with Gasteiger partial charge in [-0.1, -0.05) is 12.1 Å². The number of hydrogen-bond acceptors (Lipinski definition) is 3. The van der Waals surface area contributed by atoms with E-state index in [1.807, 2.05) is 38.4 Å². The maximum atomic E-state index is 11.5. The molecule has 0 bridgehead atoms. The molecule has 17 heavy (non-hydrogen) atoms. The van der Waals surface area contributed by atoms with E-state index >= 15 is 0 Å². The van der Waals surface area contributed by atoms with Crippen molar-refractivity contribution in [2.45, 2.75) is 6.42 Å². The van der Waals surface area contributed by atoms with Gasteiger partial charge in [-0.2, -0.15) is 0 Å². The Bertz CT molecular complexity index is 346. The Morgan fingerprint density at radius 3 is 2.41 bits per heavy atom. The number of hydrogen-bond donors (Lipinski definition) is 1. The standard InChI is InChI=1S/C13H19NO3/c1-14(2)8-9-17-13(15)10-11-4-6-12(16-3)7-5-11/h4-7H,8-10H2,1-3H3/p+1. The van der Waals surface area contributed by atoms with Gasteiger partial charge >= 0.3 is 5.97 Å². The van der Waals surface area contributed by atoms with Crippen molar-refractivity contribution in [3.05, 3.63) is 29.8 Å². The molecule has 0 aliphatic rings. The van der Waals surface area contributed by atoms with Crippen molar-refractivity contribution < 1.29 is 19.2 Å². The van der Waals surface area contributed by atoms with Crippen LogP contribution in [0.25, 0.3) is 0 Å². The number of esters is 1. The third-order valence-corrected chi connectivity index (χ3v) is 2.37. The summed E-state index contributed by atoms with van der Waals surface area (Å²) in [4.78, 5) is 12.8. The van der Waals surface area contributed by atoms with Gasteiger partial charge in [0, 0.05) is 0 Å². The molecule has 1 N–H and O–H groups in total. The van der Waals surface area contributed by atoms with Crippen molar-refractivity contribution in [1.29, 1.82) is 0 Å². The van der Waals surface area contributed by atoms with Gasteiger partial charge in [-0.25, -0.2) is 0 Å². The molecule has 0 radical (unpaired) electrons. The summed E-state index contributed by atoms with van der Waals surface area (Å²) in [5.41, 5.74) is 0.938. The highest BCUT2D eigenvalue weighted by Gasteiger charge is 2.05. The number of likely N-dealkylation sites (N-methyl/N-ethyl adjacent to an activating group) is 1. The average molecular weight is 238 g/mol. The summed E-state index contributed by atoms with van der Waals surface area (Å²) in [6.07, 6.45) is 0.312. The number of ether oxygens (including phenoxy) is 2. The maximum absolute atomic E-state index is 11.5. The molecule has 1 rings (SSSR count). The number of carbonyl (C=O) groups is 1. The molecule has 0 amide bonds. The molecular formula is C13H20NO3+. The fraction of sp³-hybridized carbons (Fsp3) is 0.462. The van der Waals surface area contributed by atoms with Crippen LogP contribution in [-0.2, 0) is 16.0 Å². The number of nitrogens with one attached hydrogen (secondary N) is 1. The van der Waals surface area contributed by atoms with Crippen LogP contribution in [-0.4, -0.2) is 40.3 Å². The van der Waals surface area contributed by atoms with E-state index in [4.69, 9.17) is 9.47 Å². The van der Waals surface area contributed by atoms with Crippen LogP contribution in [0.2, 0.25) is 0 Å². The summed E-state index contributed by atoms with van der Waals surface area (Å²) in [6, 6.07) is 7.42. The predicted octanol–water partition coefficient (Wildman–Crippen LogP) is -0.0746. The van der Waals surface area contributed by atoms with E-state index in [0.717, 1.165) is 17.9 Å². The van der Waals surface area contributed by atoms with E-state index in [2.05, 4.69) is 0 Å². The van der Waals surface area contributed by atoms with E-state index in [1.165, 1.54) is 4.90 Å². The van der Waals surface area contributed by atoms with Crippen molar-refractivity contribution in [3.63, 3.8) is 0 Å². The highest BCUT2D eigenvalue weighted by Crippen LogP contribution is 2.11. The predicted molar refractivity (Wildman–Crippen MR) is 65.3 cm³/mol. The fourth-order valence-corrected chi connectivity index (χ4v) is 1.33. The Morgan fingerprint density at radius 2 is 1.88 bits per heavy atom. The van der Waals surface area contributed by atoms with Crippen LogP contribution >= 0.6 is 0 Å². The molecule has 0 heterocycles. The SMILES string of the molecule is COc1ccc(CC(=O)OCC[NH+](C)C)cc1.